The molecule has 1 heteroatoms. The first-order chi connectivity index (χ1) is 8.01. The molecule has 1 rings (SSSR count). The maximum absolute atomic E-state index is 3.67. The third kappa shape index (κ3) is 4.28. The Kier molecular flexibility index (Phi) is 5.99. The Labute approximate surface area is 109 Å². The molecule has 0 spiro atoms. The van der Waals surface area contributed by atoms with Crippen LogP contribution in [-0.2, 0) is 0 Å². The molecule has 0 radical (unpaired) electrons. The summed E-state index contributed by atoms with van der Waals surface area (Å²) in [7, 11) is 0. The molecule has 0 aromatic carbocycles. The summed E-state index contributed by atoms with van der Waals surface area (Å²) in [6, 6.07) is 0.723. The molecule has 0 aliphatic heterocycles. The van der Waals surface area contributed by atoms with Gasteiger partial charge in [-0.1, -0.05) is 34.1 Å². The number of nitrogens with one attached hydrogen (secondary N) is 1. The molecule has 102 valence electrons. The number of hydrogen-bond acceptors (Lipinski definition) is 1. The highest BCUT2D eigenvalue weighted by Crippen LogP contribution is 2.42. The Morgan fingerprint density at radius 2 is 1.71 bits per heavy atom. The molecule has 0 aromatic rings. The Hall–Kier alpha value is -0.0400. The molecule has 0 bridgehead atoms. The molecular formula is C16H33N. The van der Waals surface area contributed by atoms with Crippen molar-refractivity contribution in [2.24, 2.45) is 17.3 Å². The van der Waals surface area contributed by atoms with E-state index in [9.17, 15) is 0 Å². The van der Waals surface area contributed by atoms with Gasteiger partial charge in [0.15, 0.2) is 0 Å². The summed E-state index contributed by atoms with van der Waals surface area (Å²) in [4.78, 5) is 0. The Morgan fingerprint density at radius 3 is 2.18 bits per heavy atom. The van der Waals surface area contributed by atoms with Crippen LogP contribution in [-0.4, -0.2) is 12.6 Å². The van der Waals surface area contributed by atoms with Gasteiger partial charge in [-0.15, -0.1) is 0 Å². The molecule has 0 saturated heterocycles. The highest BCUT2D eigenvalue weighted by molar-refractivity contribution is 4.85. The van der Waals surface area contributed by atoms with Crippen molar-refractivity contribution in [2.75, 3.05) is 6.54 Å². The lowest BCUT2D eigenvalue weighted by molar-refractivity contribution is 0.117. The van der Waals surface area contributed by atoms with Gasteiger partial charge >= 0.3 is 0 Å². The van der Waals surface area contributed by atoms with Crippen LogP contribution < -0.4 is 5.32 Å². The summed E-state index contributed by atoms with van der Waals surface area (Å²) in [5, 5.41) is 3.67. The van der Waals surface area contributed by atoms with Crippen LogP contribution >= 0.6 is 0 Å². The Balaban J connectivity index is 2.35. The third-order valence-corrected chi connectivity index (χ3v) is 5.21. The van der Waals surface area contributed by atoms with E-state index in [1.165, 1.54) is 45.1 Å². The predicted octanol–water partition coefficient (Wildman–Crippen LogP) is 4.62. The van der Waals surface area contributed by atoms with Gasteiger partial charge < -0.3 is 5.32 Å². The van der Waals surface area contributed by atoms with Crippen molar-refractivity contribution in [3.05, 3.63) is 0 Å². The smallest absolute Gasteiger partial charge is 0.00669 e. The summed E-state index contributed by atoms with van der Waals surface area (Å²) in [6.07, 6.45) is 8.35. The van der Waals surface area contributed by atoms with E-state index >= 15 is 0 Å². The lowest BCUT2D eigenvalue weighted by Crippen LogP contribution is -2.38. The standard InChI is InChI=1S/C16H33N/c1-6-12-17-13(3)14-8-10-15(11-9-14)16(4,5)7-2/h13-15,17H,6-12H2,1-5H3. The van der Waals surface area contributed by atoms with Gasteiger partial charge in [0.2, 0.25) is 0 Å². The maximum atomic E-state index is 3.67. The zero-order valence-corrected chi connectivity index (χ0v) is 12.7. The molecule has 1 saturated carbocycles. The summed E-state index contributed by atoms with van der Waals surface area (Å²) in [6.45, 7) is 13.1. The van der Waals surface area contributed by atoms with Crippen molar-refractivity contribution < 1.29 is 0 Å². The van der Waals surface area contributed by atoms with E-state index in [1.807, 2.05) is 0 Å². The first-order valence-corrected chi connectivity index (χ1v) is 7.74. The van der Waals surface area contributed by atoms with E-state index in [2.05, 4.69) is 39.9 Å². The Bertz CT molecular complexity index is 202. The van der Waals surface area contributed by atoms with Crippen molar-refractivity contribution >= 4 is 0 Å². The van der Waals surface area contributed by atoms with E-state index < -0.39 is 0 Å². The van der Waals surface area contributed by atoms with E-state index in [0.717, 1.165) is 17.9 Å². The van der Waals surface area contributed by atoms with Gasteiger partial charge in [0, 0.05) is 6.04 Å². The van der Waals surface area contributed by atoms with Crippen molar-refractivity contribution in [3.8, 4) is 0 Å². The van der Waals surface area contributed by atoms with E-state index in [4.69, 9.17) is 0 Å². The monoisotopic (exact) mass is 239 g/mol. The topological polar surface area (TPSA) is 12.0 Å². The quantitative estimate of drug-likeness (QED) is 0.713. The van der Waals surface area contributed by atoms with Crippen molar-refractivity contribution in [3.63, 3.8) is 0 Å². The van der Waals surface area contributed by atoms with Crippen LogP contribution in [0, 0.1) is 17.3 Å². The average Bonchev–Trinajstić information content (AvgIpc) is 2.36. The molecule has 17 heavy (non-hydrogen) atoms. The summed E-state index contributed by atoms with van der Waals surface area (Å²) in [5.74, 6) is 1.88. The second kappa shape index (κ2) is 6.78. The molecule has 1 nitrogen and oxygen atoms in total. The van der Waals surface area contributed by atoms with Crippen LogP contribution in [0.2, 0.25) is 0 Å². The van der Waals surface area contributed by atoms with Crippen LogP contribution in [0.5, 0.6) is 0 Å². The zero-order chi connectivity index (χ0) is 12.9. The molecule has 1 N–H and O–H groups in total. The maximum Gasteiger partial charge on any atom is 0.00669 e. The molecule has 1 aliphatic rings. The van der Waals surface area contributed by atoms with Gasteiger partial charge in [-0.3, -0.25) is 0 Å². The van der Waals surface area contributed by atoms with Crippen molar-refractivity contribution in [1.29, 1.82) is 0 Å². The molecule has 1 unspecified atom stereocenters. The van der Waals surface area contributed by atoms with Gasteiger partial charge in [-0.25, -0.2) is 0 Å². The fraction of sp³-hybridized carbons (Fsp3) is 1.00. The Morgan fingerprint density at radius 1 is 1.12 bits per heavy atom. The third-order valence-electron chi connectivity index (χ3n) is 5.21. The van der Waals surface area contributed by atoms with Crippen LogP contribution in [0.3, 0.4) is 0 Å². The van der Waals surface area contributed by atoms with Crippen LogP contribution in [0.25, 0.3) is 0 Å². The molecule has 0 amide bonds. The molecule has 1 aliphatic carbocycles. The minimum atomic E-state index is 0.561. The molecule has 1 fully saturated rings. The predicted molar refractivity (Wildman–Crippen MR) is 77.3 cm³/mol. The summed E-state index contributed by atoms with van der Waals surface area (Å²) in [5.41, 5.74) is 0.561. The van der Waals surface area contributed by atoms with Crippen LogP contribution in [0.1, 0.15) is 73.1 Å². The fourth-order valence-corrected chi connectivity index (χ4v) is 3.23. The summed E-state index contributed by atoms with van der Waals surface area (Å²) < 4.78 is 0. The van der Waals surface area contributed by atoms with E-state index in [1.54, 1.807) is 0 Å². The van der Waals surface area contributed by atoms with Crippen molar-refractivity contribution in [2.45, 2.75) is 79.2 Å². The highest BCUT2D eigenvalue weighted by atomic mass is 14.9. The number of rotatable bonds is 6. The average molecular weight is 239 g/mol. The van der Waals surface area contributed by atoms with Gasteiger partial charge in [0.25, 0.3) is 0 Å². The molecule has 1 atom stereocenters. The van der Waals surface area contributed by atoms with Gasteiger partial charge in [-0.05, 0) is 62.8 Å². The first-order valence-electron chi connectivity index (χ1n) is 7.74. The highest BCUT2D eigenvalue weighted by Gasteiger charge is 2.33. The fourth-order valence-electron chi connectivity index (χ4n) is 3.23. The van der Waals surface area contributed by atoms with Gasteiger partial charge in [-0.2, -0.15) is 0 Å². The minimum Gasteiger partial charge on any atom is -0.314 e. The second-order valence-corrected chi connectivity index (χ2v) is 6.70. The van der Waals surface area contributed by atoms with Crippen molar-refractivity contribution in [1.82, 2.24) is 5.32 Å². The zero-order valence-electron chi connectivity index (χ0n) is 12.7. The molecule has 0 heterocycles. The number of hydrogen-bond donors (Lipinski definition) is 1. The minimum absolute atomic E-state index is 0.561. The second-order valence-electron chi connectivity index (χ2n) is 6.70. The van der Waals surface area contributed by atoms with Crippen LogP contribution in [0.4, 0.5) is 0 Å². The SMILES string of the molecule is CCCNC(C)C1CCC(C(C)(C)CC)CC1. The summed E-state index contributed by atoms with van der Waals surface area (Å²) >= 11 is 0. The van der Waals surface area contributed by atoms with Gasteiger partial charge in [0.05, 0.1) is 0 Å². The lowest BCUT2D eigenvalue weighted by atomic mass is 9.67. The first kappa shape index (κ1) is 15.0. The van der Waals surface area contributed by atoms with E-state index in [-0.39, 0.29) is 0 Å². The molecule has 0 aromatic heterocycles. The van der Waals surface area contributed by atoms with Gasteiger partial charge in [0.1, 0.15) is 0 Å². The van der Waals surface area contributed by atoms with E-state index in [0.29, 0.717) is 5.41 Å². The lowest BCUT2D eigenvalue weighted by Gasteiger charge is -2.40. The largest absolute Gasteiger partial charge is 0.314 e. The normalized spacial score (nSPS) is 28.1. The van der Waals surface area contributed by atoms with Crippen LogP contribution in [0.15, 0.2) is 0 Å². The molecular weight excluding hydrogens is 206 g/mol.